The van der Waals surface area contributed by atoms with Gasteiger partial charge in [-0.15, -0.1) is 10.2 Å². The molecular weight excluding hydrogens is 276 g/mol. The number of aromatic amines is 1. The Morgan fingerprint density at radius 3 is 2.30 bits per heavy atom. The Hall–Kier alpha value is -0.510. The monoisotopic (exact) mass is 278 g/mol. The smallest absolute Gasteiger partial charge is 0.233 e. The Kier molecular flexibility index (Phi) is 10.4. The highest BCUT2D eigenvalue weighted by molar-refractivity contribution is 14.1. The van der Waals surface area contributed by atoms with Crippen LogP contribution in [0.15, 0.2) is 0 Å². The summed E-state index contributed by atoms with van der Waals surface area (Å²) in [5, 5.41) is 21.1. The molecule has 10 heavy (non-hydrogen) atoms. The number of nitrogens with one attached hydrogen (secondary N) is 2. The van der Waals surface area contributed by atoms with E-state index in [0.29, 0.717) is 3.83 Å². The highest BCUT2D eigenvalue weighted by Crippen LogP contribution is 1.84. The molecule has 0 saturated carbocycles. The number of hydrogen-bond donors (Lipinski definition) is 2. The Morgan fingerprint density at radius 2 is 2.20 bits per heavy atom. The zero-order valence-corrected chi connectivity index (χ0v) is 7.33. The van der Waals surface area contributed by atoms with Crippen molar-refractivity contribution in [1.82, 2.24) is 20.6 Å². The van der Waals surface area contributed by atoms with E-state index in [-0.39, 0.29) is 17.7 Å². The van der Waals surface area contributed by atoms with Crippen molar-refractivity contribution in [2.45, 2.75) is 0 Å². The van der Waals surface area contributed by atoms with Gasteiger partial charge in [0.25, 0.3) is 0 Å². The minimum absolute atomic E-state index is 0. The minimum atomic E-state index is 0. The van der Waals surface area contributed by atoms with E-state index in [1.807, 2.05) is 22.6 Å². The minimum Gasteiger partial charge on any atom is -1.00 e. The summed E-state index contributed by atoms with van der Waals surface area (Å²) in [6.45, 7) is 0. The van der Waals surface area contributed by atoms with Crippen LogP contribution in [0.2, 0.25) is 0 Å². The van der Waals surface area contributed by atoms with Crippen molar-refractivity contribution in [2.75, 3.05) is 0 Å². The second-order valence-electron chi connectivity index (χ2n) is 0.764. The maximum absolute atomic E-state index is 8.12. The van der Waals surface area contributed by atoms with Gasteiger partial charge in [0, 0.05) is 27.9 Å². The summed E-state index contributed by atoms with van der Waals surface area (Å²) in [6.07, 6.45) is 0. The molecule has 58 valence electrons. The van der Waals surface area contributed by atoms with E-state index in [1.165, 1.54) is 0 Å². The fraction of sp³-hybridized carbons (Fsp3) is 0. The first-order valence-electron chi connectivity index (χ1n) is 1.69. The van der Waals surface area contributed by atoms with Crippen molar-refractivity contribution in [2.24, 2.45) is 0 Å². The van der Waals surface area contributed by atoms with E-state index in [4.69, 9.17) is 10.1 Å². The van der Waals surface area contributed by atoms with Gasteiger partial charge in [0.1, 0.15) is 0 Å². The van der Waals surface area contributed by atoms with Crippen molar-refractivity contribution in [3.63, 3.8) is 0 Å². The van der Waals surface area contributed by atoms with Gasteiger partial charge in [-0.2, -0.15) is 5.21 Å². The van der Waals surface area contributed by atoms with Crippen molar-refractivity contribution in [3.8, 4) is 0 Å². The molecule has 0 aliphatic carbocycles. The van der Waals surface area contributed by atoms with Crippen LogP contribution in [0.5, 0.6) is 0 Å². The van der Waals surface area contributed by atoms with Gasteiger partial charge in [0.2, 0.25) is 3.83 Å². The molecule has 0 aliphatic heterocycles. The van der Waals surface area contributed by atoms with Gasteiger partial charge in [-0.05, 0) is 5.21 Å². The lowest BCUT2D eigenvalue weighted by molar-refractivity contribution is -0.398. The summed E-state index contributed by atoms with van der Waals surface area (Å²) < 4.78 is 0.646. The van der Waals surface area contributed by atoms with Gasteiger partial charge in [-0.3, -0.25) is 10.1 Å². The summed E-state index contributed by atoms with van der Waals surface area (Å²) in [5.74, 6) is 0. The Labute approximate surface area is 75.1 Å². The zero-order valence-electron chi connectivity index (χ0n) is 4.41. The van der Waals surface area contributed by atoms with Crippen LogP contribution in [0.25, 0.3) is 0 Å². The van der Waals surface area contributed by atoms with Crippen molar-refractivity contribution >= 4 is 22.6 Å². The molecule has 1 aromatic rings. The van der Waals surface area contributed by atoms with E-state index in [2.05, 4.69) is 20.6 Å². The van der Waals surface area contributed by atoms with E-state index >= 15 is 0 Å². The Balaban J connectivity index is 0. The van der Waals surface area contributed by atoms with Gasteiger partial charge < -0.3 is 12.4 Å². The van der Waals surface area contributed by atoms with Crippen LogP contribution in [0.4, 0.5) is 0 Å². The maximum atomic E-state index is 8.12. The lowest BCUT2D eigenvalue weighted by Crippen LogP contribution is -3.00. The molecule has 7 nitrogen and oxygen atoms in total. The molecule has 0 saturated heterocycles. The van der Waals surface area contributed by atoms with Gasteiger partial charge in [-0.25, -0.2) is 0 Å². The second kappa shape index (κ2) is 8.49. The highest BCUT2D eigenvalue weighted by atomic mass is 127. The number of tetrazole rings is 1. The van der Waals surface area contributed by atoms with Crippen LogP contribution in [0.3, 0.4) is 0 Å². The molecule has 0 spiro atoms. The SMILES string of the molecule is Ic1nn[nH]n1.O=[NH+][O-].[Cl-]. The predicted octanol–water partition coefficient (Wildman–Crippen LogP) is -4.86. The maximum Gasteiger partial charge on any atom is 0.233 e. The lowest BCUT2D eigenvalue weighted by atomic mass is 11.4. The van der Waals surface area contributed by atoms with Crippen molar-refractivity contribution < 1.29 is 17.7 Å². The fourth-order valence-electron chi connectivity index (χ4n) is 0.150. The molecule has 0 aliphatic rings. The van der Waals surface area contributed by atoms with E-state index in [0.717, 1.165) is 0 Å². The standard InChI is InChI=1S/CHIN4.ClH.HNO2/c2-1-3-5-6-4-1;;2-1-3/h(H,3,4,5,6);1H;1H/p-1. The van der Waals surface area contributed by atoms with Gasteiger partial charge >= 0.3 is 0 Å². The number of halogens is 2. The van der Waals surface area contributed by atoms with Crippen LogP contribution < -0.4 is 17.7 Å². The van der Waals surface area contributed by atoms with Crippen molar-refractivity contribution in [1.29, 1.82) is 0 Å². The lowest BCUT2D eigenvalue weighted by Gasteiger charge is -1.56. The third-order valence-corrected chi connectivity index (χ3v) is 0.776. The highest BCUT2D eigenvalue weighted by Gasteiger charge is 1.81. The molecule has 1 heterocycles. The van der Waals surface area contributed by atoms with Crippen LogP contribution in [-0.2, 0) is 0 Å². The second-order valence-corrected chi connectivity index (χ2v) is 1.73. The van der Waals surface area contributed by atoms with Crippen LogP contribution in [0.1, 0.15) is 0 Å². The normalized spacial score (nSPS) is 6.50. The number of H-pyrrole nitrogens is 1. The number of nitrogens with zero attached hydrogens (tertiary/aromatic N) is 3. The molecule has 0 amide bonds. The van der Waals surface area contributed by atoms with Gasteiger partial charge in [0.05, 0.1) is 0 Å². The fourth-order valence-corrected chi connectivity index (χ4v) is 0.365. The van der Waals surface area contributed by atoms with Gasteiger partial charge in [-0.1, -0.05) is 0 Å². The molecule has 9 heteroatoms. The number of hydrogen-bond acceptors (Lipinski definition) is 5. The average molecular weight is 278 g/mol. The molecule has 0 atom stereocenters. The zero-order chi connectivity index (χ0) is 7.11. The molecule has 0 aromatic carbocycles. The Bertz CT molecular complexity index is 155. The third kappa shape index (κ3) is 7.49. The summed E-state index contributed by atoms with van der Waals surface area (Å²) in [6, 6.07) is 0. The van der Waals surface area contributed by atoms with Gasteiger partial charge in [0.15, 0.2) is 0 Å². The van der Waals surface area contributed by atoms with Crippen molar-refractivity contribution in [3.05, 3.63) is 13.9 Å². The first-order chi connectivity index (χ1) is 4.31. The first kappa shape index (κ1) is 12.2. The summed E-state index contributed by atoms with van der Waals surface area (Å²) in [4.78, 5) is 8.12. The molecule has 0 bridgehead atoms. The van der Waals surface area contributed by atoms with E-state index < -0.39 is 0 Å². The molecule has 0 fully saturated rings. The average Bonchev–Trinajstić information content (AvgIpc) is 2.20. The van der Waals surface area contributed by atoms with E-state index in [9.17, 15) is 0 Å². The largest absolute Gasteiger partial charge is 1.00 e. The summed E-state index contributed by atoms with van der Waals surface area (Å²) >= 11 is 1.96. The number of rotatable bonds is 0. The first-order valence-corrected chi connectivity index (χ1v) is 2.77. The van der Waals surface area contributed by atoms with E-state index in [1.54, 1.807) is 0 Å². The quantitative estimate of drug-likeness (QED) is 0.281. The molecule has 1 rings (SSSR count). The number of aromatic nitrogens is 4. The predicted molar refractivity (Wildman–Crippen MR) is 34.6 cm³/mol. The van der Waals surface area contributed by atoms with Crippen LogP contribution in [0, 0.1) is 13.9 Å². The van der Waals surface area contributed by atoms with Crippen LogP contribution in [-0.4, -0.2) is 20.6 Å². The molecule has 0 unspecified atom stereocenters. The summed E-state index contributed by atoms with van der Waals surface area (Å²) in [5.41, 5.74) is 0. The Morgan fingerprint density at radius 1 is 1.70 bits per heavy atom. The summed E-state index contributed by atoms with van der Waals surface area (Å²) in [7, 11) is 0. The molecule has 2 N–H and O–H groups in total. The molecular formula is CH2ClIN5O2-. The molecule has 1 aromatic heterocycles. The topological polar surface area (TPSA) is 109 Å². The third-order valence-electron chi connectivity index (χ3n) is 0.319. The molecule has 0 radical (unpaired) electrons. The van der Waals surface area contributed by atoms with Crippen LogP contribution >= 0.6 is 22.6 Å².